The molecule has 158 valence electrons. The summed E-state index contributed by atoms with van der Waals surface area (Å²) in [6.07, 6.45) is -0.799. The molecule has 6 heteroatoms. The number of hydrogen-bond donors (Lipinski definition) is 3. The van der Waals surface area contributed by atoms with Crippen LogP contribution in [0.15, 0.2) is 54.6 Å². The Bertz CT molecular complexity index is 1160. The van der Waals surface area contributed by atoms with Crippen LogP contribution in [0.1, 0.15) is 51.4 Å². The molecule has 3 rings (SSSR count). The Kier molecular flexibility index (Phi) is 6.68. The second-order valence-corrected chi connectivity index (χ2v) is 7.35. The number of rotatable bonds is 4. The van der Waals surface area contributed by atoms with Crippen molar-refractivity contribution >= 4 is 5.91 Å². The van der Waals surface area contributed by atoms with Crippen LogP contribution in [0.25, 0.3) is 0 Å². The summed E-state index contributed by atoms with van der Waals surface area (Å²) in [5.41, 5.74) is 3.20. The van der Waals surface area contributed by atoms with Gasteiger partial charge < -0.3 is 15.5 Å². The highest BCUT2D eigenvalue weighted by molar-refractivity contribution is 5.93. The van der Waals surface area contributed by atoms with Crippen molar-refractivity contribution in [1.29, 1.82) is 0 Å². The Hall–Kier alpha value is -3.69. The zero-order chi connectivity index (χ0) is 22.5. The van der Waals surface area contributed by atoms with Gasteiger partial charge in [-0.2, -0.15) is 0 Å². The lowest BCUT2D eigenvalue weighted by molar-refractivity contribution is 0.0937. The van der Waals surface area contributed by atoms with Gasteiger partial charge in [0.25, 0.3) is 5.91 Å². The number of aryl methyl sites for hydroxylation is 2. The van der Waals surface area contributed by atoms with Crippen LogP contribution in [0.4, 0.5) is 4.39 Å². The molecule has 3 N–H and O–H groups in total. The molecule has 0 aliphatic rings. The molecule has 0 radical (unpaired) electrons. The zero-order valence-corrected chi connectivity index (χ0v) is 17.5. The minimum absolute atomic E-state index is 0.128. The van der Waals surface area contributed by atoms with Gasteiger partial charge in [-0.15, -0.1) is 0 Å². The molecule has 1 aromatic heterocycles. The topological polar surface area (TPSA) is 82.5 Å². The Labute approximate surface area is 180 Å². The Morgan fingerprint density at radius 2 is 1.81 bits per heavy atom. The van der Waals surface area contributed by atoms with Crippen LogP contribution in [-0.2, 0) is 0 Å². The minimum atomic E-state index is -0.799. The van der Waals surface area contributed by atoms with Crippen molar-refractivity contribution < 1.29 is 19.4 Å². The van der Waals surface area contributed by atoms with E-state index in [0.29, 0.717) is 16.8 Å². The van der Waals surface area contributed by atoms with E-state index in [9.17, 15) is 19.4 Å². The van der Waals surface area contributed by atoms with Crippen LogP contribution in [0.5, 0.6) is 5.75 Å². The number of aliphatic hydroxyl groups is 1. The number of carbonyl (C=O) groups excluding carboxylic acids is 1. The number of carbonyl (C=O) groups is 1. The van der Waals surface area contributed by atoms with Crippen LogP contribution in [-0.4, -0.2) is 27.2 Å². The predicted octanol–water partition coefficient (Wildman–Crippen LogP) is 3.79. The Morgan fingerprint density at radius 1 is 1.10 bits per heavy atom. The number of amides is 1. The molecule has 2 aromatic carbocycles. The third-order valence-corrected chi connectivity index (χ3v) is 4.60. The number of hydrogen-bond acceptors (Lipinski definition) is 4. The average molecular weight is 418 g/mol. The number of benzene rings is 2. The normalized spacial score (nSPS) is 12.4. The predicted molar refractivity (Wildman–Crippen MR) is 116 cm³/mol. The summed E-state index contributed by atoms with van der Waals surface area (Å²) in [7, 11) is 0. The summed E-state index contributed by atoms with van der Waals surface area (Å²) < 4.78 is 13.9. The molecule has 0 saturated carbocycles. The molecule has 0 aliphatic heterocycles. The number of nitrogens with one attached hydrogen (secondary N) is 1. The van der Waals surface area contributed by atoms with Crippen molar-refractivity contribution in [2.45, 2.75) is 32.9 Å². The first kappa shape index (κ1) is 22.0. The van der Waals surface area contributed by atoms with Gasteiger partial charge in [0.05, 0.1) is 6.04 Å². The lowest BCUT2D eigenvalue weighted by Gasteiger charge is -2.21. The van der Waals surface area contributed by atoms with Crippen LogP contribution >= 0.6 is 0 Å². The maximum Gasteiger partial charge on any atom is 0.270 e. The van der Waals surface area contributed by atoms with E-state index in [-0.39, 0.29) is 17.0 Å². The monoisotopic (exact) mass is 418 g/mol. The van der Waals surface area contributed by atoms with Gasteiger partial charge in [-0.05, 0) is 56.7 Å². The van der Waals surface area contributed by atoms with Crippen LogP contribution < -0.4 is 5.32 Å². The molecule has 1 amide bonds. The molecule has 0 saturated heterocycles. The van der Waals surface area contributed by atoms with E-state index < -0.39 is 23.9 Å². The van der Waals surface area contributed by atoms with E-state index in [1.807, 2.05) is 31.2 Å². The summed E-state index contributed by atoms with van der Waals surface area (Å²) >= 11 is 0. The molecule has 31 heavy (non-hydrogen) atoms. The van der Waals surface area contributed by atoms with Crippen LogP contribution in [0.3, 0.4) is 0 Å². The highest BCUT2D eigenvalue weighted by atomic mass is 19.1. The molecule has 3 aromatic rings. The van der Waals surface area contributed by atoms with E-state index in [1.54, 1.807) is 19.9 Å². The first-order chi connectivity index (χ1) is 14.7. The van der Waals surface area contributed by atoms with Gasteiger partial charge in [-0.1, -0.05) is 41.7 Å². The fraction of sp³-hybridized carbons (Fsp3) is 0.200. The molecule has 0 aliphatic carbocycles. The molecule has 0 fully saturated rings. The fourth-order valence-electron chi connectivity index (χ4n) is 3.11. The number of aromatic hydroxyl groups is 1. The van der Waals surface area contributed by atoms with Gasteiger partial charge in [-0.3, -0.25) is 4.79 Å². The molecular formula is C25H23FN2O3. The molecule has 5 nitrogen and oxygen atoms in total. The lowest BCUT2D eigenvalue weighted by atomic mass is 9.96. The van der Waals surface area contributed by atoms with Crippen molar-refractivity contribution in [3.05, 3.63) is 94.1 Å². The number of pyridine rings is 1. The van der Waals surface area contributed by atoms with Gasteiger partial charge >= 0.3 is 0 Å². The minimum Gasteiger partial charge on any atom is -0.508 e. The van der Waals surface area contributed by atoms with Crippen LogP contribution in [0, 0.1) is 31.5 Å². The number of aliphatic hydroxyl groups excluding tert-OH is 1. The first-order valence-electron chi connectivity index (χ1n) is 9.77. The van der Waals surface area contributed by atoms with Gasteiger partial charge in [0.2, 0.25) is 0 Å². The van der Waals surface area contributed by atoms with E-state index in [2.05, 4.69) is 22.1 Å². The standard InChI is InChI=1S/C25H23FN2O3/c1-15-4-8-19(9-5-15)24(21-14-20(26)10-11-23(21)30)28-25(31)22-13-18(7-6-17(3)29)12-16(2)27-22/h4-5,8-14,17,24,29-30H,1-3H3,(H,28,31)/t17-,24?/m1/s1. The maximum atomic E-state index is 13.9. The molecule has 0 bridgehead atoms. The molecular weight excluding hydrogens is 395 g/mol. The highest BCUT2D eigenvalue weighted by Crippen LogP contribution is 2.30. The van der Waals surface area contributed by atoms with Crippen molar-refractivity contribution in [1.82, 2.24) is 10.3 Å². The third-order valence-electron chi connectivity index (χ3n) is 4.60. The number of aromatic nitrogens is 1. The van der Waals surface area contributed by atoms with E-state index in [1.165, 1.54) is 18.2 Å². The average Bonchev–Trinajstić information content (AvgIpc) is 2.72. The third kappa shape index (κ3) is 5.68. The fourth-order valence-corrected chi connectivity index (χ4v) is 3.11. The van der Waals surface area contributed by atoms with E-state index in [4.69, 9.17) is 0 Å². The summed E-state index contributed by atoms with van der Waals surface area (Å²) in [5.74, 6) is 4.29. The maximum absolute atomic E-state index is 13.9. The quantitative estimate of drug-likeness (QED) is 0.563. The summed E-state index contributed by atoms with van der Waals surface area (Å²) in [6, 6.07) is 13.4. The Balaban J connectivity index is 2.00. The van der Waals surface area contributed by atoms with Gasteiger partial charge in [0.15, 0.2) is 0 Å². The summed E-state index contributed by atoms with van der Waals surface area (Å²) in [6.45, 7) is 5.22. The Morgan fingerprint density at radius 3 is 2.48 bits per heavy atom. The van der Waals surface area contributed by atoms with Crippen molar-refractivity contribution in [2.75, 3.05) is 0 Å². The number of phenolic OH excluding ortho intramolecular Hbond substituents is 1. The van der Waals surface area contributed by atoms with E-state index in [0.717, 1.165) is 11.6 Å². The number of halogens is 1. The van der Waals surface area contributed by atoms with E-state index >= 15 is 0 Å². The van der Waals surface area contributed by atoms with Crippen molar-refractivity contribution in [3.63, 3.8) is 0 Å². The zero-order valence-electron chi connectivity index (χ0n) is 17.5. The van der Waals surface area contributed by atoms with Crippen molar-refractivity contribution in [3.8, 4) is 17.6 Å². The van der Waals surface area contributed by atoms with Crippen LogP contribution in [0.2, 0.25) is 0 Å². The smallest absolute Gasteiger partial charge is 0.270 e. The summed E-state index contributed by atoms with van der Waals surface area (Å²) in [4.78, 5) is 17.3. The number of phenols is 1. The second-order valence-electron chi connectivity index (χ2n) is 7.35. The number of nitrogens with zero attached hydrogens (tertiary/aromatic N) is 1. The van der Waals surface area contributed by atoms with Gasteiger partial charge in [-0.25, -0.2) is 9.37 Å². The summed E-state index contributed by atoms with van der Waals surface area (Å²) in [5, 5.41) is 22.6. The van der Waals surface area contributed by atoms with Crippen molar-refractivity contribution in [2.24, 2.45) is 0 Å². The largest absolute Gasteiger partial charge is 0.508 e. The SMILES string of the molecule is Cc1ccc(C(NC(=O)c2cc(C#C[C@@H](C)O)cc(C)n2)c2cc(F)ccc2O)cc1. The molecule has 2 atom stereocenters. The molecule has 1 unspecified atom stereocenters. The molecule has 0 spiro atoms. The van der Waals surface area contributed by atoms with Gasteiger partial charge in [0, 0.05) is 16.8 Å². The highest BCUT2D eigenvalue weighted by Gasteiger charge is 2.22. The second kappa shape index (κ2) is 9.41. The lowest BCUT2D eigenvalue weighted by Crippen LogP contribution is -2.30. The molecule has 1 heterocycles. The first-order valence-corrected chi connectivity index (χ1v) is 9.77. The van der Waals surface area contributed by atoms with Gasteiger partial charge in [0.1, 0.15) is 23.4 Å².